The summed E-state index contributed by atoms with van der Waals surface area (Å²) in [6.07, 6.45) is 0. The Balaban J connectivity index is 1.51. The van der Waals surface area contributed by atoms with E-state index in [2.05, 4.69) is 52.0 Å². The van der Waals surface area contributed by atoms with Crippen molar-refractivity contribution in [1.29, 1.82) is 0 Å². The van der Waals surface area contributed by atoms with Gasteiger partial charge in [-0.15, -0.1) is 0 Å². The van der Waals surface area contributed by atoms with Gasteiger partial charge in [0.25, 0.3) is 5.91 Å². The summed E-state index contributed by atoms with van der Waals surface area (Å²) in [7, 11) is 0. The Morgan fingerprint density at radius 2 is 1.92 bits per heavy atom. The van der Waals surface area contributed by atoms with Gasteiger partial charge in [-0.25, -0.2) is 4.39 Å². The molecule has 0 saturated carbocycles. The minimum Gasteiger partial charge on any atom is -0.483 e. The molecule has 1 amide bonds. The first-order chi connectivity index (χ1) is 12.0. The zero-order valence-corrected chi connectivity index (χ0v) is 15.6. The molecule has 0 aromatic heterocycles. The van der Waals surface area contributed by atoms with E-state index in [-0.39, 0.29) is 18.3 Å². The van der Waals surface area contributed by atoms with Gasteiger partial charge in [0.1, 0.15) is 11.6 Å². The van der Waals surface area contributed by atoms with Crippen molar-refractivity contribution >= 4 is 27.5 Å². The normalized spacial score (nSPS) is 14.5. The fraction of sp³-hybridized carbons (Fsp3) is 0.316. The van der Waals surface area contributed by atoms with Crippen LogP contribution in [0.15, 0.2) is 46.9 Å². The second kappa shape index (κ2) is 7.87. The number of piperazine rings is 1. The van der Waals surface area contributed by atoms with Gasteiger partial charge in [0.05, 0.1) is 4.47 Å². The number of benzene rings is 2. The lowest BCUT2D eigenvalue weighted by molar-refractivity contribution is -0.133. The standard InChI is InChI=1S/C19H20BrFN2O2/c1-14-3-2-4-16(11-14)22-7-9-23(10-8-22)19(24)13-25-18-6-5-15(21)12-17(18)20/h2-6,11-12H,7-10,13H2,1H3. The number of carbonyl (C=O) groups is 1. The molecule has 4 nitrogen and oxygen atoms in total. The Kier molecular flexibility index (Phi) is 5.58. The molecule has 2 aromatic rings. The third kappa shape index (κ3) is 4.51. The van der Waals surface area contributed by atoms with Crippen LogP contribution in [0.2, 0.25) is 0 Å². The Morgan fingerprint density at radius 3 is 2.60 bits per heavy atom. The fourth-order valence-electron chi connectivity index (χ4n) is 2.86. The highest BCUT2D eigenvalue weighted by Gasteiger charge is 2.21. The highest BCUT2D eigenvalue weighted by Crippen LogP contribution is 2.25. The summed E-state index contributed by atoms with van der Waals surface area (Å²) >= 11 is 3.24. The van der Waals surface area contributed by atoms with Gasteiger partial charge in [0.2, 0.25) is 0 Å². The van der Waals surface area contributed by atoms with Gasteiger partial charge in [0.15, 0.2) is 6.61 Å². The summed E-state index contributed by atoms with van der Waals surface area (Å²) in [5.41, 5.74) is 2.42. The maximum Gasteiger partial charge on any atom is 0.260 e. The van der Waals surface area contributed by atoms with Crippen LogP contribution in [0.1, 0.15) is 5.56 Å². The number of rotatable bonds is 4. The monoisotopic (exact) mass is 406 g/mol. The molecule has 25 heavy (non-hydrogen) atoms. The minimum absolute atomic E-state index is 0.0469. The second-order valence-corrected chi connectivity index (χ2v) is 6.92. The van der Waals surface area contributed by atoms with E-state index in [1.807, 2.05) is 4.90 Å². The first-order valence-corrected chi connectivity index (χ1v) is 8.99. The zero-order chi connectivity index (χ0) is 17.8. The molecule has 0 N–H and O–H groups in total. The van der Waals surface area contributed by atoms with Crippen LogP contribution in [0.3, 0.4) is 0 Å². The molecule has 6 heteroatoms. The van der Waals surface area contributed by atoms with Crippen molar-refractivity contribution in [1.82, 2.24) is 4.90 Å². The molecular formula is C19H20BrFN2O2. The van der Waals surface area contributed by atoms with Gasteiger partial charge in [-0.1, -0.05) is 12.1 Å². The molecule has 132 valence electrons. The molecular weight excluding hydrogens is 387 g/mol. The van der Waals surface area contributed by atoms with Crippen LogP contribution < -0.4 is 9.64 Å². The quantitative estimate of drug-likeness (QED) is 0.776. The van der Waals surface area contributed by atoms with E-state index < -0.39 is 0 Å². The third-order valence-corrected chi connectivity index (χ3v) is 4.86. The average molecular weight is 407 g/mol. The van der Waals surface area contributed by atoms with Crippen molar-refractivity contribution < 1.29 is 13.9 Å². The molecule has 1 heterocycles. The molecule has 3 rings (SSSR count). The van der Waals surface area contributed by atoms with Gasteiger partial charge >= 0.3 is 0 Å². The number of hydrogen-bond donors (Lipinski definition) is 0. The Labute approximate surface area is 155 Å². The summed E-state index contributed by atoms with van der Waals surface area (Å²) < 4.78 is 19.1. The van der Waals surface area contributed by atoms with E-state index in [1.165, 1.54) is 29.4 Å². The van der Waals surface area contributed by atoms with E-state index in [1.54, 1.807) is 0 Å². The van der Waals surface area contributed by atoms with Crippen LogP contribution in [0.4, 0.5) is 10.1 Å². The summed E-state index contributed by atoms with van der Waals surface area (Å²) in [6.45, 7) is 4.97. The average Bonchev–Trinajstić information content (AvgIpc) is 2.61. The maximum absolute atomic E-state index is 13.1. The predicted molar refractivity (Wildman–Crippen MR) is 99.6 cm³/mol. The minimum atomic E-state index is -0.349. The summed E-state index contributed by atoms with van der Waals surface area (Å²) in [6, 6.07) is 12.5. The molecule has 1 fully saturated rings. The molecule has 0 atom stereocenters. The Bertz CT molecular complexity index is 761. The van der Waals surface area contributed by atoms with Gasteiger partial charge in [-0.3, -0.25) is 4.79 Å². The van der Waals surface area contributed by atoms with E-state index in [9.17, 15) is 9.18 Å². The Morgan fingerprint density at radius 1 is 1.16 bits per heavy atom. The van der Waals surface area contributed by atoms with Crippen molar-refractivity contribution in [3.8, 4) is 5.75 Å². The number of nitrogens with zero attached hydrogens (tertiary/aromatic N) is 2. The van der Waals surface area contributed by atoms with Gasteiger partial charge < -0.3 is 14.5 Å². The summed E-state index contributed by atoms with van der Waals surface area (Å²) in [5.74, 6) is 0.0612. The molecule has 0 unspecified atom stereocenters. The molecule has 0 aliphatic carbocycles. The van der Waals surface area contributed by atoms with Crippen LogP contribution in [0.25, 0.3) is 0 Å². The summed E-state index contributed by atoms with van der Waals surface area (Å²) in [4.78, 5) is 16.4. The van der Waals surface area contributed by atoms with Crippen molar-refractivity contribution in [2.24, 2.45) is 0 Å². The summed E-state index contributed by atoms with van der Waals surface area (Å²) in [5, 5.41) is 0. The molecule has 0 radical (unpaired) electrons. The van der Waals surface area contributed by atoms with Crippen LogP contribution >= 0.6 is 15.9 Å². The number of hydrogen-bond acceptors (Lipinski definition) is 3. The smallest absolute Gasteiger partial charge is 0.260 e. The number of halogens is 2. The third-order valence-electron chi connectivity index (χ3n) is 4.24. The number of ether oxygens (including phenoxy) is 1. The van der Waals surface area contributed by atoms with Crippen molar-refractivity contribution in [2.75, 3.05) is 37.7 Å². The number of anilines is 1. The first-order valence-electron chi connectivity index (χ1n) is 8.20. The van der Waals surface area contributed by atoms with E-state index in [0.717, 1.165) is 13.1 Å². The van der Waals surface area contributed by atoms with Gasteiger partial charge in [-0.05, 0) is 58.7 Å². The van der Waals surface area contributed by atoms with E-state index in [4.69, 9.17) is 4.74 Å². The largest absolute Gasteiger partial charge is 0.483 e. The lowest BCUT2D eigenvalue weighted by Crippen LogP contribution is -2.50. The number of amides is 1. The number of aryl methyl sites for hydroxylation is 1. The van der Waals surface area contributed by atoms with Gasteiger partial charge in [0, 0.05) is 31.9 Å². The topological polar surface area (TPSA) is 32.8 Å². The van der Waals surface area contributed by atoms with E-state index >= 15 is 0 Å². The van der Waals surface area contributed by atoms with Crippen LogP contribution in [-0.4, -0.2) is 43.6 Å². The SMILES string of the molecule is Cc1cccc(N2CCN(C(=O)COc3ccc(F)cc3Br)CC2)c1. The van der Waals surface area contributed by atoms with Gasteiger partial charge in [-0.2, -0.15) is 0 Å². The van der Waals surface area contributed by atoms with Crippen molar-refractivity contribution in [2.45, 2.75) is 6.92 Å². The van der Waals surface area contributed by atoms with Crippen LogP contribution in [-0.2, 0) is 4.79 Å². The van der Waals surface area contributed by atoms with Crippen molar-refractivity contribution in [3.05, 3.63) is 58.3 Å². The van der Waals surface area contributed by atoms with Crippen LogP contribution in [0.5, 0.6) is 5.75 Å². The lowest BCUT2D eigenvalue weighted by atomic mass is 10.2. The zero-order valence-electron chi connectivity index (χ0n) is 14.0. The molecule has 2 aromatic carbocycles. The lowest BCUT2D eigenvalue weighted by Gasteiger charge is -2.36. The highest BCUT2D eigenvalue weighted by atomic mass is 79.9. The molecule has 0 bridgehead atoms. The first kappa shape index (κ1) is 17.7. The molecule has 1 aliphatic rings. The van der Waals surface area contributed by atoms with E-state index in [0.29, 0.717) is 23.3 Å². The maximum atomic E-state index is 13.1. The molecule has 1 aliphatic heterocycles. The number of carbonyl (C=O) groups excluding carboxylic acids is 1. The molecule has 0 spiro atoms. The predicted octanol–water partition coefficient (Wildman–Crippen LogP) is 3.62. The molecule has 1 saturated heterocycles. The van der Waals surface area contributed by atoms with Crippen molar-refractivity contribution in [3.63, 3.8) is 0 Å². The highest BCUT2D eigenvalue weighted by molar-refractivity contribution is 9.10. The van der Waals surface area contributed by atoms with Crippen LogP contribution in [0, 0.1) is 12.7 Å². The Hall–Kier alpha value is -2.08. The second-order valence-electron chi connectivity index (χ2n) is 6.07. The fourth-order valence-corrected chi connectivity index (χ4v) is 3.33.